The van der Waals surface area contributed by atoms with Gasteiger partial charge in [0.2, 0.25) is 5.91 Å². The van der Waals surface area contributed by atoms with Gasteiger partial charge in [0, 0.05) is 25.5 Å². The van der Waals surface area contributed by atoms with Crippen LogP contribution in [-0.2, 0) is 11.8 Å². The Hall–Kier alpha value is -3.55. The van der Waals surface area contributed by atoms with E-state index in [9.17, 15) is 18.0 Å². The molecule has 0 aliphatic rings. The Labute approximate surface area is 171 Å². The van der Waals surface area contributed by atoms with Crippen LogP contribution in [0.1, 0.15) is 23.0 Å². The van der Waals surface area contributed by atoms with E-state index in [0.29, 0.717) is 23.2 Å². The molecule has 0 aliphatic carbocycles. The topological polar surface area (TPSA) is 56.1 Å². The Morgan fingerprint density at radius 1 is 1.13 bits per heavy atom. The van der Waals surface area contributed by atoms with Gasteiger partial charge >= 0.3 is 6.18 Å². The maximum absolute atomic E-state index is 13.6. The van der Waals surface area contributed by atoms with E-state index in [1.54, 1.807) is 54.3 Å². The average Bonchev–Trinajstić information content (AvgIpc) is 3.16. The van der Waals surface area contributed by atoms with Crippen LogP contribution in [0.2, 0.25) is 0 Å². The van der Waals surface area contributed by atoms with Gasteiger partial charge in [-0.15, -0.1) is 0 Å². The van der Waals surface area contributed by atoms with Crippen molar-refractivity contribution in [2.75, 3.05) is 7.11 Å². The van der Waals surface area contributed by atoms with E-state index in [1.165, 1.54) is 31.4 Å². The first kappa shape index (κ1) is 21.2. The number of nitrogens with one attached hydrogen (secondary N) is 1. The number of ether oxygens (including phenoxy) is 1. The molecule has 0 spiro atoms. The van der Waals surface area contributed by atoms with Crippen LogP contribution in [0.5, 0.6) is 5.75 Å². The van der Waals surface area contributed by atoms with Gasteiger partial charge in [0.25, 0.3) is 0 Å². The number of hydrogen-bond acceptors (Lipinski definition) is 3. The number of alkyl halides is 3. The second kappa shape index (κ2) is 8.86. The fourth-order valence-electron chi connectivity index (χ4n) is 3.01. The first-order valence-electron chi connectivity index (χ1n) is 9.05. The van der Waals surface area contributed by atoms with E-state index in [-0.39, 0.29) is 5.56 Å². The van der Waals surface area contributed by atoms with Gasteiger partial charge < -0.3 is 14.6 Å². The van der Waals surface area contributed by atoms with Gasteiger partial charge in [0.05, 0.1) is 12.7 Å². The summed E-state index contributed by atoms with van der Waals surface area (Å²) in [6.07, 6.45) is -0.857. The van der Waals surface area contributed by atoms with Crippen molar-refractivity contribution in [2.24, 2.45) is 7.05 Å². The van der Waals surface area contributed by atoms with Crippen LogP contribution in [0.3, 0.4) is 0 Å². The molecular formula is C22H20F3N3O2. The fraction of sp³-hybridized carbons (Fsp3) is 0.182. The van der Waals surface area contributed by atoms with E-state index in [2.05, 4.69) is 10.3 Å². The van der Waals surface area contributed by atoms with Gasteiger partial charge in [-0.25, -0.2) is 4.98 Å². The number of carbonyl (C=O) groups is 1. The molecule has 0 fully saturated rings. The van der Waals surface area contributed by atoms with Crippen molar-refractivity contribution in [3.05, 3.63) is 90.0 Å². The molecule has 1 aromatic heterocycles. The summed E-state index contributed by atoms with van der Waals surface area (Å²) in [5, 5.41) is 2.65. The Kier molecular flexibility index (Phi) is 6.25. The molecule has 2 aromatic carbocycles. The van der Waals surface area contributed by atoms with Crippen molar-refractivity contribution in [1.82, 2.24) is 14.9 Å². The number of methoxy groups -OCH3 is 1. The largest absolute Gasteiger partial charge is 0.497 e. The standard InChI is InChI=1S/C22H20F3N3O2/c1-28-13-12-26-21(28)20(16-8-10-17(30-2)11-9-16)27-19(29)14-18(22(23,24)25)15-6-4-3-5-7-15/h3-14,20H,1-2H3,(H,27,29)/b18-14-. The van der Waals surface area contributed by atoms with Gasteiger partial charge in [0.1, 0.15) is 17.6 Å². The number of rotatable bonds is 6. The molecule has 0 bridgehead atoms. The summed E-state index contributed by atoms with van der Waals surface area (Å²) in [5.74, 6) is 0.220. The molecule has 0 saturated carbocycles. The van der Waals surface area contributed by atoms with Crippen LogP contribution in [0, 0.1) is 0 Å². The highest BCUT2D eigenvalue weighted by Crippen LogP contribution is 2.33. The van der Waals surface area contributed by atoms with E-state index in [4.69, 9.17) is 4.74 Å². The number of hydrogen-bond donors (Lipinski definition) is 1. The number of allylic oxidation sites excluding steroid dienone is 1. The molecule has 30 heavy (non-hydrogen) atoms. The lowest BCUT2D eigenvalue weighted by Crippen LogP contribution is -2.30. The van der Waals surface area contributed by atoms with Crippen molar-refractivity contribution >= 4 is 11.5 Å². The van der Waals surface area contributed by atoms with Gasteiger partial charge in [0.15, 0.2) is 0 Å². The molecule has 0 aliphatic heterocycles. The lowest BCUT2D eigenvalue weighted by atomic mass is 10.0. The zero-order chi connectivity index (χ0) is 21.7. The van der Waals surface area contributed by atoms with Gasteiger partial charge in [-0.1, -0.05) is 42.5 Å². The minimum Gasteiger partial charge on any atom is -0.497 e. The molecule has 1 unspecified atom stereocenters. The van der Waals surface area contributed by atoms with E-state index in [1.807, 2.05) is 0 Å². The third-order valence-corrected chi connectivity index (χ3v) is 4.52. The van der Waals surface area contributed by atoms with Crippen LogP contribution < -0.4 is 10.1 Å². The highest BCUT2D eigenvalue weighted by Gasteiger charge is 2.35. The number of halogens is 3. The van der Waals surface area contributed by atoms with Crippen molar-refractivity contribution in [3.63, 3.8) is 0 Å². The summed E-state index contributed by atoms with van der Waals surface area (Å²) in [6.45, 7) is 0. The normalized spacial score (nSPS) is 13.0. The number of carbonyl (C=O) groups excluding carboxylic acids is 1. The SMILES string of the molecule is COc1ccc(C(NC(=O)/C=C(/c2ccccc2)C(F)(F)F)c2nccn2C)cc1. The second-order valence-corrected chi connectivity index (χ2v) is 6.53. The maximum Gasteiger partial charge on any atom is 0.417 e. The number of benzene rings is 2. The van der Waals surface area contributed by atoms with Crippen LogP contribution >= 0.6 is 0 Å². The van der Waals surface area contributed by atoms with E-state index >= 15 is 0 Å². The molecular weight excluding hydrogens is 395 g/mol. The van der Waals surface area contributed by atoms with E-state index in [0.717, 1.165) is 0 Å². The summed E-state index contributed by atoms with van der Waals surface area (Å²) in [6, 6.07) is 13.3. The molecule has 156 valence electrons. The zero-order valence-corrected chi connectivity index (χ0v) is 16.4. The van der Waals surface area contributed by atoms with Crippen LogP contribution in [0.25, 0.3) is 5.57 Å². The first-order chi connectivity index (χ1) is 14.3. The predicted molar refractivity (Wildman–Crippen MR) is 107 cm³/mol. The zero-order valence-electron chi connectivity index (χ0n) is 16.4. The van der Waals surface area contributed by atoms with Crippen LogP contribution in [0.4, 0.5) is 13.2 Å². The lowest BCUT2D eigenvalue weighted by Gasteiger charge is -2.19. The third kappa shape index (κ3) is 4.89. The summed E-state index contributed by atoms with van der Waals surface area (Å²) in [5.41, 5.74) is -0.452. The molecule has 1 atom stereocenters. The number of aryl methyl sites for hydroxylation is 1. The highest BCUT2D eigenvalue weighted by atomic mass is 19.4. The number of amides is 1. The molecule has 1 N–H and O–H groups in total. The molecule has 8 heteroatoms. The van der Waals surface area contributed by atoms with Crippen molar-refractivity contribution < 1.29 is 22.7 Å². The highest BCUT2D eigenvalue weighted by molar-refractivity contribution is 5.96. The van der Waals surface area contributed by atoms with Gasteiger partial charge in [-0.05, 0) is 23.3 Å². The smallest absolute Gasteiger partial charge is 0.417 e. The predicted octanol–water partition coefficient (Wildman–Crippen LogP) is 4.28. The third-order valence-electron chi connectivity index (χ3n) is 4.52. The molecule has 1 heterocycles. The lowest BCUT2D eigenvalue weighted by molar-refractivity contribution is -0.117. The average molecular weight is 415 g/mol. The molecule has 3 rings (SSSR count). The minimum absolute atomic E-state index is 0.0851. The Bertz CT molecular complexity index is 1030. The Morgan fingerprint density at radius 3 is 2.33 bits per heavy atom. The first-order valence-corrected chi connectivity index (χ1v) is 9.05. The number of imidazole rings is 1. The second-order valence-electron chi connectivity index (χ2n) is 6.53. The van der Waals surface area contributed by atoms with Crippen molar-refractivity contribution in [1.29, 1.82) is 0 Å². The molecule has 3 aromatic rings. The number of aromatic nitrogens is 2. The molecule has 1 amide bonds. The summed E-state index contributed by atoms with van der Waals surface area (Å²) in [7, 11) is 3.27. The van der Waals surface area contributed by atoms with E-state index < -0.39 is 23.7 Å². The van der Waals surface area contributed by atoms with Crippen molar-refractivity contribution in [3.8, 4) is 5.75 Å². The van der Waals surface area contributed by atoms with Gasteiger partial charge in [-0.3, -0.25) is 4.79 Å². The minimum atomic E-state index is -4.68. The molecule has 0 saturated heterocycles. The summed E-state index contributed by atoms with van der Waals surface area (Å²) >= 11 is 0. The maximum atomic E-state index is 13.6. The molecule has 0 radical (unpaired) electrons. The van der Waals surface area contributed by atoms with Crippen LogP contribution in [-0.4, -0.2) is 28.7 Å². The van der Waals surface area contributed by atoms with Crippen LogP contribution in [0.15, 0.2) is 73.1 Å². The fourth-order valence-corrected chi connectivity index (χ4v) is 3.01. The summed E-state index contributed by atoms with van der Waals surface area (Å²) < 4.78 is 47.5. The number of nitrogens with zero attached hydrogens (tertiary/aromatic N) is 2. The van der Waals surface area contributed by atoms with Gasteiger partial charge in [-0.2, -0.15) is 13.2 Å². The molecule has 5 nitrogen and oxygen atoms in total. The Balaban J connectivity index is 1.96. The Morgan fingerprint density at radius 2 is 1.80 bits per heavy atom. The van der Waals surface area contributed by atoms with Crippen molar-refractivity contribution in [2.45, 2.75) is 12.2 Å². The quantitative estimate of drug-likeness (QED) is 0.612. The monoisotopic (exact) mass is 415 g/mol. The summed E-state index contributed by atoms with van der Waals surface area (Å²) in [4.78, 5) is 16.9.